The average Bonchev–Trinajstić information content (AvgIpc) is 3.30. The molecule has 2 aliphatic heterocycles. The van der Waals surface area contributed by atoms with Crippen LogP contribution in [0, 0.1) is 6.92 Å². The van der Waals surface area contributed by atoms with Gasteiger partial charge in [0.2, 0.25) is 5.76 Å². The monoisotopic (exact) mass is 337 g/mol. The predicted octanol–water partition coefficient (Wildman–Crippen LogP) is 2.53. The minimum atomic E-state index is -0.427. The first-order valence-electron chi connectivity index (χ1n) is 8.79. The van der Waals surface area contributed by atoms with Crippen LogP contribution in [0.25, 0.3) is 0 Å². The third-order valence-electron chi connectivity index (χ3n) is 4.69. The molecule has 0 unspecified atom stereocenters. The van der Waals surface area contributed by atoms with Crippen molar-refractivity contribution < 1.29 is 23.4 Å². The molecule has 1 aromatic rings. The smallest absolute Gasteiger partial charge is 0.374 e. The number of aryl methyl sites for hydroxylation is 1. The first-order valence-corrected chi connectivity index (χ1v) is 8.79. The van der Waals surface area contributed by atoms with Crippen molar-refractivity contribution in [1.82, 2.24) is 4.90 Å². The molecule has 0 aliphatic carbocycles. The molecule has 2 fully saturated rings. The molecule has 3 heterocycles. The molecule has 0 saturated carbocycles. The fourth-order valence-corrected chi connectivity index (χ4v) is 3.50. The molecule has 2 saturated heterocycles. The highest BCUT2D eigenvalue weighted by Gasteiger charge is 2.25. The lowest BCUT2D eigenvalue weighted by atomic mass is 10.2. The molecule has 6 heteroatoms. The van der Waals surface area contributed by atoms with Gasteiger partial charge in [-0.3, -0.25) is 4.90 Å². The van der Waals surface area contributed by atoms with Gasteiger partial charge >= 0.3 is 5.97 Å². The number of nitrogens with zero attached hydrogens (tertiary/aromatic N) is 1. The second-order valence-electron chi connectivity index (χ2n) is 6.68. The maximum atomic E-state index is 11.7. The van der Waals surface area contributed by atoms with Crippen molar-refractivity contribution in [2.75, 3.05) is 33.4 Å². The lowest BCUT2D eigenvalue weighted by Gasteiger charge is -2.26. The largest absolute Gasteiger partial charge is 0.463 e. The van der Waals surface area contributed by atoms with E-state index in [1.165, 1.54) is 7.11 Å². The number of rotatable bonds is 7. The molecule has 0 spiro atoms. The fraction of sp³-hybridized carbons (Fsp3) is 0.722. The molecule has 0 N–H and O–H groups in total. The molecule has 3 rings (SSSR count). The Kier molecular flexibility index (Phi) is 5.92. The van der Waals surface area contributed by atoms with Crippen LogP contribution >= 0.6 is 0 Å². The molecule has 134 valence electrons. The zero-order chi connectivity index (χ0) is 16.9. The van der Waals surface area contributed by atoms with Crippen molar-refractivity contribution in [1.29, 1.82) is 0 Å². The summed E-state index contributed by atoms with van der Waals surface area (Å²) in [4.78, 5) is 14.0. The van der Waals surface area contributed by atoms with Crippen molar-refractivity contribution in [3.05, 3.63) is 23.2 Å². The van der Waals surface area contributed by atoms with Crippen molar-refractivity contribution in [2.24, 2.45) is 0 Å². The van der Waals surface area contributed by atoms with E-state index >= 15 is 0 Å². The highest BCUT2D eigenvalue weighted by Crippen LogP contribution is 2.21. The van der Waals surface area contributed by atoms with Crippen LogP contribution in [-0.4, -0.2) is 56.5 Å². The molecule has 1 aromatic heterocycles. The van der Waals surface area contributed by atoms with Crippen LogP contribution in [0.3, 0.4) is 0 Å². The summed E-state index contributed by atoms with van der Waals surface area (Å²) >= 11 is 0. The Morgan fingerprint density at radius 2 is 1.83 bits per heavy atom. The van der Waals surface area contributed by atoms with E-state index in [0.29, 0.717) is 12.3 Å². The number of hydrogen-bond acceptors (Lipinski definition) is 6. The van der Waals surface area contributed by atoms with Gasteiger partial charge in [-0.1, -0.05) is 0 Å². The van der Waals surface area contributed by atoms with Crippen LogP contribution in [0.1, 0.15) is 47.6 Å². The van der Waals surface area contributed by atoms with E-state index in [2.05, 4.69) is 4.90 Å². The topological polar surface area (TPSA) is 61.1 Å². The van der Waals surface area contributed by atoms with E-state index in [1.807, 2.05) is 13.0 Å². The van der Waals surface area contributed by atoms with Gasteiger partial charge in [0.25, 0.3) is 0 Å². The minimum absolute atomic E-state index is 0.280. The number of carbonyl (C=O) groups excluding carboxylic acids is 1. The van der Waals surface area contributed by atoms with Crippen molar-refractivity contribution in [3.63, 3.8) is 0 Å². The Morgan fingerprint density at radius 3 is 2.33 bits per heavy atom. The van der Waals surface area contributed by atoms with Crippen molar-refractivity contribution in [2.45, 2.75) is 51.4 Å². The maximum absolute atomic E-state index is 11.7. The molecule has 0 amide bonds. The molecule has 2 atom stereocenters. The van der Waals surface area contributed by atoms with Gasteiger partial charge in [-0.05, 0) is 38.7 Å². The summed E-state index contributed by atoms with van der Waals surface area (Å²) in [5.41, 5.74) is 0.811. The third kappa shape index (κ3) is 4.37. The zero-order valence-corrected chi connectivity index (χ0v) is 14.6. The number of hydrogen-bond donors (Lipinski definition) is 0. The molecule has 0 bridgehead atoms. The first kappa shape index (κ1) is 17.5. The molecule has 6 nitrogen and oxygen atoms in total. The lowest BCUT2D eigenvalue weighted by Crippen LogP contribution is -2.37. The van der Waals surface area contributed by atoms with E-state index in [4.69, 9.17) is 18.6 Å². The first-order chi connectivity index (χ1) is 11.7. The Balaban J connectivity index is 1.66. The standard InChI is InChI=1S/C18H27NO5/c1-13-9-16(24-17(13)18(20)21-2)12-19(10-14-5-3-7-22-14)11-15-6-4-8-23-15/h9,14-15H,3-8,10-12H2,1-2H3/t14-,15-/m1/s1. The van der Waals surface area contributed by atoms with Crippen LogP contribution in [-0.2, 0) is 20.8 Å². The van der Waals surface area contributed by atoms with Gasteiger partial charge in [-0.2, -0.15) is 0 Å². The van der Waals surface area contributed by atoms with Crippen LogP contribution in [0.5, 0.6) is 0 Å². The highest BCUT2D eigenvalue weighted by atomic mass is 16.5. The van der Waals surface area contributed by atoms with Crippen molar-refractivity contribution >= 4 is 5.97 Å². The van der Waals surface area contributed by atoms with Crippen LogP contribution in [0.4, 0.5) is 0 Å². The summed E-state index contributed by atoms with van der Waals surface area (Å²) in [5.74, 6) is 0.647. The van der Waals surface area contributed by atoms with Gasteiger partial charge in [0.1, 0.15) is 5.76 Å². The number of esters is 1. The van der Waals surface area contributed by atoms with Crippen molar-refractivity contribution in [3.8, 4) is 0 Å². The molecule has 2 aliphatic rings. The summed E-state index contributed by atoms with van der Waals surface area (Å²) < 4.78 is 22.1. The summed E-state index contributed by atoms with van der Waals surface area (Å²) in [7, 11) is 1.37. The van der Waals surface area contributed by atoms with Gasteiger partial charge in [0, 0.05) is 31.9 Å². The lowest BCUT2D eigenvalue weighted by molar-refractivity contribution is 0.0316. The van der Waals surface area contributed by atoms with Crippen LogP contribution < -0.4 is 0 Å². The third-order valence-corrected chi connectivity index (χ3v) is 4.69. The quantitative estimate of drug-likeness (QED) is 0.713. The Bertz CT molecular complexity index is 526. The van der Waals surface area contributed by atoms with Gasteiger partial charge in [0.15, 0.2) is 0 Å². The van der Waals surface area contributed by atoms with E-state index < -0.39 is 5.97 Å². The number of furan rings is 1. The van der Waals surface area contributed by atoms with E-state index in [1.54, 1.807) is 0 Å². The van der Waals surface area contributed by atoms with Gasteiger partial charge in [0.05, 0.1) is 25.9 Å². The summed E-state index contributed by atoms with van der Waals surface area (Å²) in [6.45, 7) is 5.96. The number of methoxy groups -OCH3 is 1. The zero-order valence-electron chi connectivity index (χ0n) is 14.6. The Morgan fingerprint density at radius 1 is 1.21 bits per heavy atom. The van der Waals surface area contributed by atoms with E-state index in [-0.39, 0.29) is 12.2 Å². The summed E-state index contributed by atoms with van der Waals surface area (Å²) in [6, 6.07) is 1.92. The van der Waals surface area contributed by atoms with E-state index in [0.717, 1.165) is 63.3 Å². The molecule has 0 radical (unpaired) electrons. The van der Waals surface area contributed by atoms with E-state index in [9.17, 15) is 4.79 Å². The second-order valence-corrected chi connectivity index (χ2v) is 6.68. The molecular weight excluding hydrogens is 310 g/mol. The van der Waals surface area contributed by atoms with Crippen LogP contribution in [0.15, 0.2) is 10.5 Å². The second kappa shape index (κ2) is 8.14. The summed E-state index contributed by atoms with van der Waals surface area (Å²) in [6.07, 6.45) is 5.03. The van der Waals surface area contributed by atoms with Gasteiger partial charge in [-0.15, -0.1) is 0 Å². The average molecular weight is 337 g/mol. The summed E-state index contributed by atoms with van der Waals surface area (Å²) in [5, 5.41) is 0. The number of carbonyl (C=O) groups is 1. The van der Waals surface area contributed by atoms with Gasteiger partial charge in [-0.25, -0.2) is 4.79 Å². The fourth-order valence-electron chi connectivity index (χ4n) is 3.50. The Labute approximate surface area is 143 Å². The SMILES string of the molecule is COC(=O)c1oc(CN(C[C@H]2CCCO2)C[C@H]2CCCO2)cc1C. The molecule has 0 aromatic carbocycles. The minimum Gasteiger partial charge on any atom is -0.463 e. The maximum Gasteiger partial charge on any atom is 0.374 e. The molecule has 24 heavy (non-hydrogen) atoms. The normalized spacial score (nSPS) is 24.0. The number of ether oxygens (including phenoxy) is 3. The Hall–Kier alpha value is -1.37. The van der Waals surface area contributed by atoms with Gasteiger partial charge < -0.3 is 18.6 Å². The molecular formula is C18H27NO5. The van der Waals surface area contributed by atoms with Crippen LogP contribution in [0.2, 0.25) is 0 Å². The highest BCUT2D eigenvalue weighted by molar-refractivity contribution is 5.87. The predicted molar refractivity (Wildman–Crippen MR) is 88.0 cm³/mol.